The van der Waals surface area contributed by atoms with Gasteiger partial charge in [-0.25, -0.2) is 4.39 Å². The number of hydrogen-bond donors (Lipinski definition) is 0. The summed E-state index contributed by atoms with van der Waals surface area (Å²) in [6, 6.07) is 3.14. The SMILES string of the molecule is CN1C(=O)CCc2cc(Br)c(F)cc21. The Morgan fingerprint density at radius 1 is 1.43 bits per heavy atom. The van der Waals surface area contributed by atoms with Gasteiger partial charge in [0.05, 0.1) is 4.47 Å². The van der Waals surface area contributed by atoms with Gasteiger partial charge in [0.25, 0.3) is 0 Å². The van der Waals surface area contributed by atoms with Gasteiger partial charge in [0.1, 0.15) is 5.82 Å². The molecule has 1 aromatic rings. The number of fused-ring (bicyclic) bond motifs is 1. The first-order valence-corrected chi connectivity index (χ1v) is 5.13. The predicted molar refractivity (Wildman–Crippen MR) is 55.8 cm³/mol. The third-order valence-electron chi connectivity index (χ3n) is 2.47. The highest BCUT2D eigenvalue weighted by molar-refractivity contribution is 9.10. The van der Waals surface area contributed by atoms with Crippen molar-refractivity contribution in [2.24, 2.45) is 0 Å². The number of halogens is 2. The number of rotatable bonds is 0. The summed E-state index contributed by atoms with van der Waals surface area (Å²) in [6.45, 7) is 0. The van der Waals surface area contributed by atoms with E-state index in [1.807, 2.05) is 0 Å². The minimum atomic E-state index is -0.328. The molecule has 0 aliphatic carbocycles. The molecule has 1 aliphatic heterocycles. The van der Waals surface area contributed by atoms with Crippen LogP contribution >= 0.6 is 15.9 Å². The second-order valence-electron chi connectivity index (χ2n) is 3.35. The number of nitrogens with zero attached hydrogens (tertiary/aromatic N) is 1. The molecule has 74 valence electrons. The van der Waals surface area contributed by atoms with Gasteiger partial charge in [-0.1, -0.05) is 0 Å². The zero-order valence-corrected chi connectivity index (χ0v) is 9.27. The predicted octanol–water partition coefficient (Wildman–Crippen LogP) is 2.50. The zero-order valence-electron chi connectivity index (χ0n) is 7.68. The van der Waals surface area contributed by atoms with Gasteiger partial charge in [0.15, 0.2) is 0 Å². The third kappa shape index (κ3) is 1.43. The highest BCUT2D eigenvalue weighted by Crippen LogP contribution is 2.31. The van der Waals surface area contributed by atoms with Crippen LogP contribution in [0.2, 0.25) is 0 Å². The van der Waals surface area contributed by atoms with Gasteiger partial charge < -0.3 is 4.90 Å². The largest absolute Gasteiger partial charge is 0.315 e. The maximum absolute atomic E-state index is 13.2. The highest BCUT2D eigenvalue weighted by atomic mass is 79.9. The van der Waals surface area contributed by atoms with E-state index in [0.29, 0.717) is 23.0 Å². The number of carbonyl (C=O) groups excluding carboxylic acids is 1. The van der Waals surface area contributed by atoms with Crippen molar-refractivity contribution in [3.05, 3.63) is 28.0 Å². The van der Waals surface area contributed by atoms with Gasteiger partial charge in [-0.05, 0) is 40.0 Å². The van der Waals surface area contributed by atoms with E-state index in [4.69, 9.17) is 0 Å². The molecule has 0 saturated heterocycles. The average molecular weight is 258 g/mol. The van der Waals surface area contributed by atoms with Crippen molar-refractivity contribution in [1.29, 1.82) is 0 Å². The van der Waals surface area contributed by atoms with Gasteiger partial charge in [-0.2, -0.15) is 0 Å². The summed E-state index contributed by atoms with van der Waals surface area (Å²) >= 11 is 3.13. The molecule has 0 aromatic heterocycles. The topological polar surface area (TPSA) is 20.3 Å². The number of anilines is 1. The standard InChI is InChI=1S/C10H9BrFNO/c1-13-9-5-8(12)7(11)4-6(9)2-3-10(13)14/h4-5H,2-3H2,1H3. The molecule has 0 fully saturated rings. The lowest BCUT2D eigenvalue weighted by Gasteiger charge is -2.25. The van der Waals surface area contributed by atoms with E-state index in [1.165, 1.54) is 11.0 Å². The summed E-state index contributed by atoms with van der Waals surface area (Å²) in [6.07, 6.45) is 1.19. The first kappa shape index (κ1) is 9.65. The maximum Gasteiger partial charge on any atom is 0.227 e. The monoisotopic (exact) mass is 257 g/mol. The molecule has 1 amide bonds. The molecule has 0 spiro atoms. The Morgan fingerprint density at radius 3 is 2.86 bits per heavy atom. The van der Waals surface area contributed by atoms with E-state index < -0.39 is 0 Å². The average Bonchev–Trinajstić information content (AvgIpc) is 2.15. The molecule has 0 radical (unpaired) electrons. The Labute approximate surface area is 89.8 Å². The Bertz CT molecular complexity index is 405. The lowest BCUT2D eigenvalue weighted by atomic mass is 10.0. The normalized spacial score (nSPS) is 15.6. The van der Waals surface area contributed by atoms with Crippen LogP contribution in [0.5, 0.6) is 0 Å². The molecule has 1 aliphatic rings. The molecular weight excluding hydrogens is 249 g/mol. The van der Waals surface area contributed by atoms with Crippen molar-refractivity contribution in [3.63, 3.8) is 0 Å². The molecule has 2 nitrogen and oxygen atoms in total. The fraction of sp³-hybridized carbons (Fsp3) is 0.300. The Balaban J connectivity index is 2.55. The molecule has 2 rings (SSSR count). The van der Waals surface area contributed by atoms with Crippen LogP contribution in [0.25, 0.3) is 0 Å². The third-order valence-corrected chi connectivity index (χ3v) is 3.07. The number of carbonyl (C=O) groups is 1. The quantitative estimate of drug-likeness (QED) is 0.700. The van der Waals surface area contributed by atoms with Crippen LogP contribution in [0.4, 0.5) is 10.1 Å². The van der Waals surface area contributed by atoms with E-state index >= 15 is 0 Å². The molecule has 14 heavy (non-hydrogen) atoms. The molecule has 0 saturated carbocycles. The molecular formula is C10H9BrFNO. The van der Waals surface area contributed by atoms with Crippen LogP contribution in [0.3, 0.4) is 0 Å². The molecule has 1 aromatic carbocycles. The smallest absolute Gasteiger partial charge is 0.227 e. The lowest BCUT2D eigenvalue weighted by molar-refractivity contribution is -0.118. The van der Waals surface area contributed by atoms with Crippen LogP contribution in [0, 0.1) is 5.82 Å². The Hall–Kier alpha value is -0.900. The van der Waals surface area contributed by atoms with E-state index in [0.717, 1.165) is 5.56 Å². The summed E-state index contributed by atoms with van der Waals surface area (Å²) in [7, 11) is 1.67. The van der Waals surface area contributed by atoms with Crippen molar-refractivity contribution < 1.29 is 9.18 Å². The molecule has 1 heterocycles. The summed E-state index contributed by atoms with van der Waals surface area (Å²) in [5.41, 5.74) is 1.70. The first-order chi connectivity index (χ1) is 6.59. The van der Waals surface area contributed by atoms with Crippen molar-refractivity contribution in [1.82, 2.24) is 0 Å². The van der Waals surface area contributed by atoms with Crippen molar-refractivity contribution >= 4 is 27.5 Å². The van der Waals surface area contributed by atoms with Crippen LogP contribution < -0.4 is 4.90 Å². The summed E-state index contributed by atoms with van der Waals surface area (Å²) in [5.74, 6) is -0.287. The Kier molecular flexibility index (Phi) is 2.31. The van der Waals surface area contributed by atoms with E-state index in [-0.39, 0.29) is 11.7 Å². The van der Waals surface area contributed by atoms with E-state index in [1.54, 1.807) is 13.1 Å². The molecule has 4 heteroatoms. The number of aryl methyl sites for hydroxylation is 1. The molecule has 0 N–H and O–H groups in total. The second kappa shape index (κ2) is 3.35. The zero-order chi connectivity index (χ0) is 10.3. The second-order valence-corrected chi connectivity index (χ2v) is 4.20. The van der Waals surface area contributed by atoms with Gasteiger partial charge in [-0.3, -0.25) is 4.79 Å². The minimum absolute atomic E-state index is 0.0409. The number of benzene rings is 1. The van der Waals surface area contributed by atoms with E-state index in [2.05, 4.69) is 15.9 Å². The summed E-state index contributed by atoms with van der Waals surface area (Å²) in [4.78, 5) is 12.9. The Morgan fingerprint density at radius 2 is 2.14 bits per heavy atom. The maximum atomic E-state index is 13.2. The fourth-order valence-electron chi connectivity index (χ4n) is 1.63. The van der Waals surface area contributed by atoms with Gasteiger partial charge in [0.2, 0.25) is 5.91 Å². The fourth-order valence-corrected chi connectivity index (χ4v) is 2.02. The highest BCUT2D eigenvalue weighted by Gasteiger charge is 2.22. The molecule has 0 atom stereocenters. The van der Waals surface area contributed by atoms with Crippen LogP contribution in [-0.4, -0.2) is 13.0 Å². The van der Waals surface area contributed by atoms with Crippen LogP contribution in [0.1, 0.15) is 12.0 Å². The van der Waals surface area contributed by atoms with Crippen LogP contribution in [0.15, 0.2) is 16.6 Å². The van der Waals surface area contributed by atoms with Gasteiger partial charge in [0, 0.05) is 19.2 Å². The van der Waals surface area contributed by atoms with Gasteiger partial charge in [-0.15, -0.1) is 0 Å². The lowest BCUT2D eigenvalue weighted by Crippen LogP contribution is -2.31. The van der Waals surface area contributed by atoms with Crippen LogP contribution in [-0.2, 0) is 11.2 Å². The number of amides is 1. The molecule has 0 unspecified atom stereocenters. The minimum Gasteiger partial charge on any atom is -0.315 e. The van der Waals surface area contributed by atoms with E-state index in [9.17, 15) is 9.18 Å². The molecule has 0 bridgehead atoms. The van der Waals surface area contributed by atoms with Crippen molar-refractivity contribution in [2.75, 3.05) is 11.9 Å². The first-order valence-electron chi connectivity index (χ1n) is 4.34. The van der Waals surface area contributed by atoms with Gasteiger partial charge >= 0.3 is 0 Å². The van der Waals surface area contributed by atoms with Crippen molar-refractivity contribution in [2.45, 2.75) is 12.8 Å². The summed E-state index contributed by atoms with van der Waals surface area (Å²) < 4.78 is 13.7. The van der Waals surface area contributed by atoms with Crippen molar-refractivity contribution in [3.8, 4) is 0 Å². The number of hydrogen-bond acceptors (Lipinski definition) is 1. The summed E-state index contributed by atoms with van der Waals surface area (Å²) in [5, 5.41) is 0.